The van der Waals surface area contributed by atoms with Gasteiger partial charge >= 0.3 is 0 Å². The van der Waals surface area contributed by atoms with Crippen LogP contribution in [0.3, 0.4) is 0 Å². The summed E-state index contributed by atoms with van der Waals surface area (Å²) >= 11 is 0. The highest BCUT2D eigenvalue weighted by molar-refractivity contribution is 4.97. The van der Waals surface area contributed by atoms with Gasteiger partial charge in [0.25, 0.3) is 0 Å². The Balaban J connectivity index is 2.22. The van der Waals surface area contributed by atoms with Gasteiger partial charge in [0.15, 0.2) is 0 Å². The molecule has 0 aromatic carbocycles. The number of imidazole rings is 1. The van der Waals surface area contributed by atoms with E-state index in [-0.39, 0.29) is 6.61 Å². The minimum Gasteiger partial charge on any atom is -0.390 e. The first-order chi connectivity index (χ1) is 6.81. The summed E-state index contributed by atoms with van der Waals surface area (Å²) in [7, 11) is 1.91. The standard InChI is InChI=1S/C8H11N5O/c1-12-3-2-9-8(12)5-13-7(6-14)4-10-11-13/h2-4,14H,5-6H2,1H3. The number of nitrogens with zero attached hydrogens (tertiary/aromatic N) is 5. The van der Waals surface area contributed by atoms with E-state index in [9.17, 15) is 0 Å². The quantitative estimate of drug-likeness (QED) is 0.717. The van der Waals surface area contributed by atoms with Crippen LogP contribution in [0.25, 0.3) is 0 Å². The maximum atomic E-state index is 8.98. The highest BCUT2D eigenvalue weighted by Gasteiger charge is 2.05. The third-order valence-electron chi connectivity index (χ3n) is 2.07. The summed E-state index contributed by atoms with van der Waals surface area (Å²) < 4.78 is 3.53. The van der Waals surface area contributed by atoms with Gasteiger partial charge in [0.2, 0.25) is 0 Å². The zero-order valence-corrected chi connectivity index (χ0v) is 7.83. The summed E-state index contributed by atoms with van der Waals surface area (Å²) in [5, 5.41) is 16.6. The highest BCUT2D eigenvalue weighted by Crippen LogP contribution is 2.01. The first kappa shape index (κ1) is 8.89. The second kappa shape index (κ2) is 3.59. The van der Waals surface area contributed by atoms with Crippen molar-refractivity contribution in [3.63, 3.8) is 0 Å². The highest BCUT2D eigenvalue weighted by atomic mass is 16.3. The van der Waals surface area contributed by atoms with Crippen molar-refractivity contribution in [3.05, 3.63) is 30.1 Å². The molecule has 0 spiro atoms. The molecule has 2 aromatic rings. The normalized spacial score (nSPS) is 10.7. The Morgan fingerprint density at radius 1 is 1.50 bits per heavy atom. The molecule has 0 unspecified atom stereocenters. The van der Waals surface area contributed by atoms with E-state index in [0.29, 0.717) is 12.2 Å². The van der Waals surface area contributed by atoms with Crippen molar-refractivity contribution < 1.29 is 5.11 Å². The van der Waals surface area contributed by atoms with Gasteiger partial charge in [0.05, 0.1) is 18.5 Å². The summed E-state index contributed by atoms with van der Waals surface area (Å²) in [5.74, 6) is 0.880. The molecule has 0 amide bonds. The van der Waals surface area contributed by atoms with Crippen molar-refractivity contribution in [2.24, 2.45) is 7.05 Å². The first-order valence-electron chi connectivity index (χ1n) is 4.25. The van der Waals surface area contributed by atoms with Gasteiger partial charge in [-0.25, -0.2) is 9.67 Å². The molecule has 6 heteroatoms. The molecule has 0 radical (unpaired) electrons. The summed E-state index contributed by atoms with van der Waals surface area (Å²) in [5.41, 5.74) is 0.688. The molecular weight excluding hydrogens is 182 g/mol. The molecule has 0 aliphatic rings. The van der Waals surface area contributed by atoms with Crippen molar-refractivity contribution in [1.29, 1.82) is 0 Å². The van der Waals surface area contributed by atoms with Gasteiger partial charge in [0, 0.05) is 19.4 Å². The third kappa shape index (κ3) is 1.51. The van der Waals surface area contributed by atoms with Crippen molar-refractivity contribution in [2.45, 2.75) is 13.2 Å². The summed E-state index contributed by atoms with van der Waals surface area (Å²) in [6.45, 7) is 0.469. The van der Waals surface area contributed by atoms with E-state index >= 15 is 0 Å². The van der Waals surface area contributed by atoms with Crippen LogP contribution in [0, 0.1) is 0 Å². The van der Waals surface area contributed by atoms with Crippen molar-refractivity contribution in [2.75, 3.05) is 0 Å². The Morgan fingerprint density at radius 3 is 3.00 bits per heavy atom. The van der Waals surface area contributed by atoms with E-state index in [2.05, 4.69) is 15.3 Å². The number of aromatic nitrogens is 5. The monoisotopic (exact) mass is 193 g/mol. The number of aryl methyl sites for hydroxylation is 1. The van der Waals surface area contributed by atoms with Gasteiger partial charge in [0.1, 0.15) is 12.4 Å². The summed E-state index contributed by atoms with van der Waals surface area (Å²) in [4.78, 5) is 4.16. The smallest absolute Gasteiger partial charge is 0.130 e. The van der Waals surface area contributed by atoms with Gasteiger partial charge in [-0.05, 0) is 0 Å². The fraction of sp³-hybridized carbons (Fsp3) is 0.375. The van der Waals surface area contributed by atoms with E-state index in [1.807, 2.05) is 17.8 Å². The predicted molar refractivity (Wildman–Crippen MR) is 48.3 cm³/mol. The largest absolute Gasteiger partial charge is 0.390 e. The van der Waals surface area contributed by atoms with Crippen LogP contribution in [-0.2, 0) is 20.2 Å². The van der Waals surface area contributed by atoms with E-state index < -0.39 is 0 Å². The lowest BCUT2D eigenvalue weighted by molar-refractivity contribution is 0.268. The molecule has 74 valence electrons. The molecule has 0 saturated heterocycles. The summed E-state index contributed by atoms with van der Waals surface area (Å²) in [6, 6.07) is 0. The lowest BCUT2D eigenvalue weighted by atomic mass is 10.5. The minimum atomic E-state index is -0.0581. The molecule has 2 aromatic heterocycles. The lowest BCUT2D eigenvalue weighted by Gasteiger charge is -2.03. The number of hydrogen-bond acceptors (Lipinski definition) is 4. The Morgan fingerprint density at radius 2 is 2.36 bits per heavy atom. The van der Waals surface area contributed by atoms with Gasteiger partial charge < -0.3 is 9.67 Å². The number of aliphatic hydroxyl groups is 1. The average Bonchev–Trinajstić information content (AvgIpc) is 2.77. The maximum absolute atomic E-state index is 8.98. The zero-order chi connectivity index (χ0) is 9.97. The van der Waals surface area contributed by atoms with Crippen LogP contribution < -0.4 is 0 Å². The molecule has 6 nitrogen and oxygen atoms in total. The van der Waals surface area contributed by atoms with Crippen LogP contribution in [0.15, 0.2) is 18.6 Å². The van der Waals surface area contributed by atoms with Crippen LogP contribution in [0.2, 0.25) is 0 Å². The Labute approximate surface area is 80.8 Å². The molecule has 0 aliphatic carbocycles. The molecule has 14 heavy (non-hydrogen) atoms. The zero-order valence-electron chi connectivity index (χ0n) is 7.83. The van der Waals surface area contributed by atoms with Crippen LogP contribution in [0.5, 0.6) is 0 Å². The van der Waals surface area contributed by atoms with E-state index in [0.717, 1.165) is 5.82 Å². The van der Waals surface area contributed by atoms with Crippen LogP contribution in [-0.4, -0.2) is 29.7 Å². The lowest BCUT2D eigenvalue weighted by Crippen LogP contribution is -2.10. The number of hydrogen-bond donors (Lipinski definition) is 1. The molecule has 0 aliphatic heterocycles. The second-order valence-electron chi connectivity index (χ2n) is 3.00. The molecular formula is C8H11N5O. The van der Waals surface area contributed by atoms with Crippen molar-refractivity contribution in [1.82, 2.24) is 24.5 Å². The first-order valence-corrected chi connectivity index (χ1v) is 4.25. The third-order valence-corrected chi connectivity index (χ3v) is 2.07. The predicted octanol–water partition coefficient (Wildman–Crippen LogP) is -0.448. The number of rotatable bonds is 3. The Kier molecular flexibility index (Phi) is 2.28. The Bertz CT molecular complexity index is 419. The van der Waals surface area contributed by atoms with Gasteiger partial charge in [-0.1, -0.05) is 5.21 Å². The van der Waals surface area contributed by atoms with Crippen LogP contribution in [0.4, 0.5) is 0 Å². The molecule has 2 rings (SSSR count). The summed E-state index contributed by atoms with van der Waals surface area (Å²) in [6.07, 6.45) is 5.14. The Hall–Kier alpha value is -1.69. The SMILES string of the molecule is Cn1ccnc1Cn1nncc1CO. The van der Waals surface area contributed by atoms with Gasteiger partial charge in [-0.3, -0.25) is 0 Å². The van der Waals surface area contributed by atoms with Crippen LogP contribution in [0.1, 0.15) is 11.5 Å². The van der Waals surface area contributed by atoms with Crippen LogP contribution >= 0.6 is 0 Å². The molecule has 0 saturated carbocycles. The topological polar surface area (TPSA) is 68.8 Å². The van der Waals surface area contributed by atoms with Gasteiger partial charge in [-0.15, -0.1) is 5.10 Å². The van der Waals surface area contributed by atoms with Crippen molar-refractivity contribution >= 4 is 0 Å². The van der Waals surface area contributed by atoms with E-state index in [4.69, 9.17) is 5.11 Å². The fourth-order valence-corrected chi connectivity index (χ4v) is 1.22. The molecule has 0 fully saturated rings. The minimum absolute atomic E-state index is 0.0581. The fourth-order valence-electron chi connectivity index (χ4n) is 1.22. The van der Waals surface area contributed by atoms with Crippen molar-refractivity contribution in [3.8, 4) is 0 Å². The molecule has 2 heterocycles. The average molecular weight is 193 g/mol. The van der Waals surface area contributed by atoms with E-state index in [1.54, 1.807) is 17.1 Å². The maximum Gasteiger partial charge on any atom is 0.130 e. The molecule has 0 bridgehead atoms. The van der Waals surface area contributed by atoms with Gasteiger partial charge in [-0.2, -0.15) is 0 Å². The number of aliphatic hydroxyl groups excluding tert-OH is 1. The molecule has 1 N–H and O–H groups in total. The second-order valence-corrected chi connectivity index (χ2v) is 3.00. The molecule has 0 atom stereocenters. The van der Waals surface area contributed by atoms with E-state index in [1.165, 1.54) is 0 Å².